The van der Waals surface area contributed by atoms with Crippen molar-refractivity contribution in [1.29, 1.82) is 0 Å². The lowest BCUT2D eigenvalue weighted by Gasteiger charge is -2.27. The van der Waals surface area contributed by atoms with Crippen LogP contribution in [0.5, 0.6) is 0 Å². The lowest BCUT2D eigenvalue weighted by atomic mass is 9.92. The molecule has 1 N–H and O–H groups in total. The zero-order valence-corrected chi connectivity index (χ0v) is 25.2. The van der Waals surface area contributed by atoms with Gasteiger partial charge in [-0.25, -0.2) is 0 Å². The number of anilines is 4. The molecule has 2 nitrogen and oxygen atoms in total. The highest BCUT2D eigenvalue weighted by Gasteiger charge is 2.18. The molecule has 0 aromatic heterocycles. The van der Waals surface area contributed by atoms with Crippen LogP contribution in [0.3, 0.4) is 0 Å². The molecule has 43 heavy (non-hydrogen) atoms. The van der Waals surface area contributed by atoms with Crippen LogP contribution in [0.4, 0.5) is 22.7 Å². The molecule has 212 valence electrons. The summed E-state index contributed by atoms with van der Waals surface area (Å²) in [5.74, 6) is 0. The van der Waals surface area contributed by atoms with Crippen LogP contribution in [-0.2, 0) is 0 Å². The van der Waals surface area contributed by atoms with Crippen molar-refractivity contribution >= 4 is 55.1 Å². The third kappa shape index (κ3) is 6.14. The fraction of sp³-hybridized carbons (Fsp3) is 0.0732. The number of nitrogens with zero attached hydrogens (tertiary/aromatic N) is 1. The summed E-state index contributed by atoms with van der Waals surface area (Å²) >= 11 is 0. The summed E-state index contributed by atoms with van der Waals surface area (Å²) in [4.78, 5) is 2.35. The summed E-state index contributed by atoms with van der Waals surface area (Å²) in [6.07, 6.45) is 3.90. The van der Waals surface area contributed by atoms with Gasteiger partial charge in [0, 0.05) is 33.5 Å². The van der Waals surface area contributed by atoms with Crippen molar-refractivity contribution in [2.24, 2.45) is 0 Å². The lowest BCUT2D eigenvalue weighted by molar-refractivity contribution is 1.30. The van der Waals surface area contributed by atoms with Gasteiger partial charge in [-0.05, 0) is 70.9 Å². The molecular weight excluding hydrogens is 520 g/mol. The van der Waals surface area contributed by atoms with Gasteiger partial charge in [0.25, 0.3) is 0 Å². The van der Waals surface area contributed by atoms with Crippen LogP contribution in [0.15, 0.2) is 170 Å². The van der Waals surface area contributed by atoms with E-state index in [9.17, 15) is 0 Å². The first kappa shape index (κ1) is 29.2. The minimum absolute atomic E-state index is 1.00. The number of nitrogens with one attached hydrogen (secondary N) is 1. The summed E-state index contributed by atoms with van der Waals surface area (Å²) < 4.78 is 0. The molecule has 0 saturated carbocycles. The maximum Gasteiger partial charge on any atom is 0.0540 e. The van der Waals surface area contributed by atoms with Gasteiger partial charge >= 0.3 is 0 Å². The van der Waals surface area contributed by atoms with Gasteiger partial charge in [0.15, 0.2) is 0 Å². The zero-order chi connectivity index (χ0) is 30.0. The van der Waals surface area contributed by atoms with Crippen LogP contribution in [0.1, 0.15) is 20.8 Å². The Labute approximate surface area is 255 Å². The molecule has 0 saturated heterocycles. The molecule has 0 spiro atoms. The van der Waals surface area contributed by atoms with E-state index in [2.05, 4.69) is 126 Å². The lowest BCUT2D eigenvalue weighted by Crippen LogP contribution is -2.10. The summed E-state index contributed by atoms with van der Waals surface area (Å²) in [6, 6.07) is 51.0. The van der Waals surface area contributed by atoms with E-state index in [1.54, 1.807) is 0 Å². The van der Waals surface area contributed by atoms with Crippen molar-refractivity contribution in [2.75, 3.05) is 10.2 Å². The Morgan fingerprint density at radius 3 is 1.51 bits per heavy atom. The van der Waals surface area contributed by atoms with Gasteiger partial charge in [-0.15, -0.1) is 0 Å². The molecule has 0 bridgehead atoms. The SMILES string of the molecule is C=C/C(=C\C)Nc1ccc2ccc3c(N(c4ccccc4)c4ccccc4)ccc4ccc1c2c43.CC.c1ccccc1. The van der Waals surface area contributed by atoms with Gasteiger partial charge in [0.1, 0.15) is 0 Å². The largest absolute Gasteiger partial charge is 0.355 e. The van der Waals surface area contributed by atoms with Gasteiger partial charge in [0.2, 0.25) is 0 Å². The first-order valence-corrected chi connectivity index (χ1v) is 14.9. The molecule has 0 radical (unpaired) electrons. The van der Waals surface area contributed by atoms with E-state index in [1.165, 1.54) is 38.0 Å². The molecule has 7 aromatic carbocycles. The number of benzene rings is 7. The fourth-order valence-electron chi connectivity index (χ4n) is 5.45. The average molecular weight is 559 g/mol. The molecule has 0 amide bonds. The second-order valence-electron chi connectivity index (χ2n) is 9.85. The second-order valence-corrected chi connectivity index (χ2v) is 9.85. The molecule has 0 fully saturated rings. The van der Waals surface area contributed by atoms with E-state index in [-0.39, 0.29) is 0 Å². The number of allylic oxidation sites excluding steroid dienone is 2. The van der Waals surface area contributed by atoms with Crippen molar-refractivity contribution in [3.8, 4) is 0 Å². The Hall–Kier alpha value is -5.34. The third-order valence-electron chi connectivity index (χ3n) is 7.39. The highest BCUT2D eigenvalue weighted by Crippen LogP contribution is 2.44. The molecule has 0 aliphatic heterocycles. The maximum absolute atomic E-state index is 3.94. The highest BCUT2D eigenvalue weighted by atomic mass is 15.1. The zero-order valence-electron chi connectivity index (χ0n) is 25.2. The molecule has 7 rings (SSSR count). The van der Waals surface area contributed by atoms with Crippen molar-refractivity contribution in [3.05, 3.63) is 170 Å². The van der Waals surface area contributed by atoms with Gasteiger partial charge in [0.05, 0.1) is 5.69 Å². The molecule has 2 heteroatoms. The fourth-order valence-corrected chi connectivity index (χ4v) is 5.45. The summed E-state index contributed by atoms with van der Waals surface area (Å²) in [6.45, 7) is 9.96. The molecule has 0 aliphatic rings. The van der Waals surface area contributed by atoms with Gasteiger partial charge in [-0.2, -0.15) is 0 Å². The summed E-state index contributed by atoms with van der Waals surface area (Å²) in [5, 5.41) is 11.1. The minimum Gasteiger partial charge on any atom is -0.355 e. The van der Waals surface area contributed by atoms with E-state index >= 15 is 0 Å². The third-order valence-corrected chi connectivity index (χ3v) is 7.39. The van der Waals surface area contributed by atoms with Crippen LogP contribution in [-0.4, -0.2) is 0 Å². The first-order chi connectivity index (χ1) is 21.3. The predicted molar refractivity (Wildman–Crippen MR) is 190 cm³/mol. The average Bonchev–Trinajstić information content (AvgIpc) is 3.10. The second kappa shape index (κ2) is 14.0. The number of hydrogen-bond acceptors (Lipinski definition) is 2. The van der Waals surface area contributed by atoms with Crippen LogP contribution < -0.4 is 10.2 Å². The molecule has 0 unspecified atom stereocenters. The van der Waals surface area contributed by atoms with E-state index in [0.717, 1.165) is 22.8 Å². The Balaban J connectivity index is 0.000000406. The van der Waals surface area contributed by atoms with Gasteiger partial charge < -0.3 is 10.2 Å². The van der Waals surface area contributed by atoms with Crippen LogP contribution in [0, 0.1) is 0 Å². The quantitative estimate of drug-likeness (QED) is 0.161. The van der Waals surface area contributed by atoms with Crippen molar-refractivity contribution in [2.45, 2.75) is 20.8 Å². The Morgan fingerprint density at radius 2 is 1.00 bits per heavy atom. The van der Waals surface area contributed by atoms with Gasteiger partial charge in [-0.3, -0.25) is 0 Å². The summed E-state index contributed by atoms with van der Waals surface area (Å²) in [7, 11) is 0. The van der Waals surface area contributed by atoms with E-state index in [0.29, 0.717) is 0 Å². The monoisotopic (exact) mass is 558 g/mol. The first-order valence-electron chi connectivity index (χ1n) is 14.9. The minimum atomic E-state index is 1.00. The highest BCUT2D eigenvalue weighted by molar-refractivity contribution is 6.27. The molecule has 0 atom stereocenters. The van der Waals surface area contributed by atoms with E-state index < -0.39 is 0 Å². The van der Waals surface area contributed by atoms with E-state index in [1.807, 2.05) is 69.3 Å². The van der Waals surface area contributed by atoms with Crippen molar-refractivity contribution < 1.29 is 0 Å². The predicted octanol–water partition coefficient (Wildman–Crippen LogP) is 12.3. The number of para-hydroxylation sites is 2. The molecule has 0 heterocycles. The Morgan fingerprint density at radius 1 is 0.558 bits per heavy atom. The van der Waals surface area contributed by atoms with E-state index in [4.69, 9.17) is 0 Å². The molecule has 7 aromatic rings. The standard InChI is InChI=1S/C33H26N2.C6H6.C2H6/c1-3-25(4-2)34-30-21-17-23-16-20-29-31(22-18-24-15-19-28(30)32(23)33(24)29)35(26-11-7-5-8-12-26)27-13-9-6-10-14-27;1-2-4-6-5-3-1;1-2/h3-22,34H,1H2,2H3;1-6H;1-2H3/b25-4+;;. The maximum atomic E-state index is 3.94. The van der Waals surface area contributed by atoms with Crippen LogP contribution >= 0.6 is 0 Å². The Kier molecular flexibility index (Phi) is 9.51. The normalized spacial score (nSPS) is 10.9. The Bertz CT molecular complexity index is 1860. The van der Waals surface area contributed by atoms with Crippen LogP contribution in [0.2, 0.25) is 0 Å². The number of hydrogen-bond donors (Lipinski definition) is 1. The molecule has 0 aliphatic carbocycles. The number of rotatable bonds is 6. The van der Waals surface area contributed by atoms with Crippen LogP contribution in [0.25, 0.3) is 32.3 Å². The topological polar surface area (TPSA) is 15.3 Å². The summed E-state index contributed by atoms with van der Waals surface area (Å²) in [5.41, 5.74) is 5.54. The van der Waals surface area contributed by atoms with Crippen molar-refractivity contribution in [3.63, 3.8) is 0 Å². The van der Waals surface area contributed by atoms with Gasteiger partial charge in [-0.1, -0.05) is 136 Å². The molecular formula is C41H38N2. The smallest absolute Gasteiger partial charge is 0.0540 e. The van der Waals surface area contributed by atoms with Crippen molar-refractivity contribution in [1.82, 2.24) is 0 Å².